The van der Waals surface area contributed by atoms with Crippen LogP contribution < -0.4 is 5.32 Å². The van der Waals surface area contributed by atoms with Crippen molar-refractivity contribution >= 4 is 12.4 Å². The average molecular weight is 274 g/mol. The fraction of sp³-hybridized carbons (Fsp3) is 0.294. The molecular formula is C17H20ClN. The summed E-state index contributed by atoms with van der Waals surface area (Å²) in [6.07, 6.45) is 2.50. The molecule has 0 unspecified atom stereocenters. The van der Waals surface area contributed by atoms with Gasteiger partial charge in [-0.3, -0.25) is 0 Å². The number of aryl methyl sites for hydroxylation is 1. The van der Waals surface area contributed by atoms with Crippen LogP contribution in [0.5, 0.6) is 0 Å². The Bertz CT molecular complexity index is 573. The molecule has 0 radical (unpaired) electrons. The van der Waals surface area contributed by atoms with Gasteiger partial charge in [-0.2, -0.15) is 0 Å². The molecule has 0 aliphatic heterocycles. The Morgan fingerprint density at radius 3 is 2.37 bits per heavy atom. The molecule has 1 aliphatic carbocycles. The van der Waals surface area contributed by atoms with Gasteiger partial charge in [-0.15, -0.1) is 12.4 Å². The second-order valence-corrected chi connectivity index (χ2v) is 5.23. The van der Waals surface area contributed by atoms with E-state index in [9.17, 15) is 0 Å². The lowest BCUT2D eigenvalue weighted by atomic mass is 9.96. The quantitative estimate of drug-likeness (QED) is 0.880. The van der Waals surface area contributed by atoms with Gasteiger partial charge < -0.3 is 5.32 Å². The number of hydrogen-bond donors (Lipinski definition) is 1. The van der Waals surface area contributed by atoms with Gasteiger partial charge in [0.15, 0.2) is 0 Å². The molecule has 0 spiro atoms. The van der Waals surface area contributed by atoms with Crippen molar-refractivity contribution in [3.8, 4) is 11.1 Å². The van der Waals surface area contributed by atoms with Crippen LogP contribution >= 0.6 is 12.4 Å². The molecule has 0 heterocycles. The zero-order chi connectivity index (χ0) is 12.6. The summed E-state index contributed by atoms with van der Waals surface area (Å²) in [5.74, 6) is 0. The van der Waals surface area contributed by atoms with E-state index in [-0.39, 0.29) is 17.9 Å². The van der Waals surface area contributed by atoms with Crippen LogP contribution in [-0.2, 0) is 5.54 Å². The van der Waals surface area contributed by atoms with Crippen molar-refractivity contribution in [2.75, 3.05) is 7.05 Å². The van der Waals surface area contributed by atoms with Crippen molar-refractivity contribution in [3.63, 3.8) is 0 Å². The topological polar surface area (TPSA) is 12.0 Å². The number of rotatable bonds is 3. The number of nitrogens with one attached hydrogen (secondary N) is 1. The van der Waals surface area contributed by atoms with Gasteiger partial charge in [0.25, 0.3) is 0 Å². The monoisotopic (exact) mass is 273 g/mol. The second kappa shape index (κ2) is 5.36. The summed E-state index contributed by atoms with van der Waals surface area (Å²) in [7, 11) is 2.06. The van der Waals surface area contributed by atoms with E-state index in [2.05, 4.69) is 67.8 Å². The summed E-state index contributed by atoms with van der Waals surface area (Å²) >= 11 is 0. The highest BCUT2D eigenvalue weighted by molar-refractivity contribution is 5.85. The van der Waals surface area contributed by atoms with Gasteiger partial charge in [0, 0.05) is 5.54 Å². The second-order valence-electron chi connectivity index (χ2n) is 5.23. The lowest BCUT2D eigenvalue weighted by Crippen LogP contribution is -2.24. The highest BCUT2D eigenvalue weighted by atomic mass is 35.5. The summed E-state index contributed by atoms with van der Waals surface area (Å²) in [4.78, 5) is 0. The van der Waals surface area contributed by atoms with Crippen LogP contribution in [0.15, 0.2) is 48.5 Å². The SMILES string of the molecule is CNC1(c2cccc(-c3ccccc3C)c2)CC1.Cl. The van der Waals surface area contributed by atoms with Crippen molar-refractivity contribution in [1.82, 2.24) is 5.32 Å². The lowest BCUT2D eigenvalue weighted by molar-refractivity contribution is 0.586. The van der Waals surface area contributed by atoms with Gasteiger partial charge >= 0.3 is 0 Å². The van der Waals surface area contributed by atoms with Crippen LogP contribution in [0.25, 0.3) is 11.1 Å². The average Bonchev–Trinajstić information content (AvgIpc) is 3.20. The largest absolute Gasteiger partial charge is 0.310 e. The van der Waals surface area contributed by atoms with E-state index in [1.54, 1.807) is 0 Å². The first-order valence-electron chi connectivity index (χ1n) is 6.61. The molecule has 1 aliphatic rings. The fourth-order valence-corrected chi connectivity index (χ4v) is 2.69. The predicted molar refractivity (Wildman–Crippen MR) is 83.8 cm³/mol. The molecule has 3 rings (SSSR count). The van der Waals surface area contributed by atoms with Gasteiger partial charge in [0.1, 0.15) is 0 Å². The number of hydrogen-bond acceptors (Lipinski definition) is 1. The molecule has 100 valence electrons. The van der Waals surface area contributed by atoms with E-state index in [0.29, 0.717) is 0 Å². The molecule has 1 saturated carbocycles. The third kappa shape index (κ3) is 2.54. The van der Waals surface area contributed by atoms with Crippen LogP contribution in [0.1, 0.15) is 24.0 Å². The minimum atomic E-state index is 0. The maximum absolute atomic E-state index is 3.46. The maximum Gasteiger partial charge on any atom is 0.0434 e. The smallest absolute Gasteiger partial charge is 0.0434 e. The van der Waals surface area contributed by atoms with Crippen molar-refractivity contribution in [2.24, 2.45) is 0 Å². The molecule has 1 N–H and O–H groups in total. The van der Waals surface area contributed by atoms with E-state index in [0.717, 1.165) is 0 Å². The standard InChI is InChI=1S/C17H19N.ClH/c1-13-6-3-4-9-16(13)14-7-5-8-15(12-14)17(18-2)10-11-17;/h3-9,12,18H,10-11H2,1-2H3;1H. The van der Waals surface area contributed by atoms with E-state index >= 15 is 0 Å². The van der Waals surface area contributed by atoms with E-state index in [1.165, 1.54) is 35.1 Å². The lowest BCUT2D eigenvalue weighted by Gasteiger charge is -2.16. The van der Waals surface area contributed by atoms with Gasteiger partial charge in [-0.1, -0.05) is 42.5 Å². The van der Waals surface area contributed by atoms with Crippen molar-refractivity contribution in [2.45, 2.75) is 25.3 Å². The first kappa shape index (κ1) is 14.1. The van der Waals surface area contributed by atoms with Crippen molar-refractivity contribution in [1.29, 1.82) is 0 Å². The van der Waals surface area contributed by atoms with Crippen LogP contribution in [0, 0.1) is 6.92 Å². The molecular weight excluding hydrogens is 254 g/mol. The van der Waals surface area contributed by atoms with E-state index in [1.807, 2.05) is 0 Å². The van der Waals surface area contributed by atoms with E-state index < -0.39 is 0 Å². The maximum atomic E-state index is 3.46. The summed E-state index contributed by atoms with van der Waals surface area (Å²) in [5.41, 5.74) is 5.67. The zero-order valence-electron chi connectivity index (χ0n) is 11.4. The van der Waals surface area contributed by atoms with Crippen LogP contribution in [0.3, 0.4) is 0 Å². The Morgan fingerprint density at radius 1 is 1.00 bits per heavy atom. The normalized spacial score (nSPS) is 15.7. The minimum Gasteiger partial charge on any atom is -0.310 e. The first-order chi connectivity index (χ1) is 8.75. The van der Waals surface area contributed by atoms with Gasteiger partial charge in [-0.25, -0.2) is 0 Å². The molecule has 19 heavy (non-hydrogen) atoms. The molecule has 2 aromatic carbocycles. The molecule has 0 atom stereocenters. The Morgan fingerprint density at radius 2 is 1.74 bits per heavy atom. The Labute approximate surface area is 121 Å². The van der Waals surface area contributed by atoms with E-state index in [4.69, 9.17) is 0 Å². The molecule has 0 amide bonds. The van der Waals surface area contributed by atoms with Gasteiger partial charge in [0.2, 0.25) is 0 Å². The zero-order valence-corrected chi connectivity index (χ0v) is 12.3. The van der Waals surface area contributed by atoms with Gasteiger partial charge in [0.05, 0.1) is 0 Å². The highest BCUT2D eigenvalue weighted by Crippen LogP contribution is 2.45. The molecule has 1 nitrogen and oxygen atoms in total. The summed E-state index contributed by atoms with van der Waals surface area (Å²) in [5, 5.41) is 3.46. The van der Waals surface area contributed by atoms with Crippen molar-refractivity contribution < 1.29 is 0 Å². The first-order valence-corrected chi connectivity index (χ1v) is 6.61. The Hall–Kier alpha value is -1.31. The number of benzene rings is 2. The number of halogens is 1. The highest BCUT2D eigenvalue weighted by Gasteiger charge is 2.42. The minimum absolute atomic E-state index is 0. The molecule has 0 aromatic heterocycles. The molecule has 2 heteroatoms. The Kier molecular flexibility index (Phi) is 3.98. The molecule has 2 aromatic rings. The molecule has 0 bridgehead atoms. The third-order valence-corrected chi connectivity index (χ3v) is 4.10. The summed E-state index contributed by atoms with van der Waals surface area (Å²) in [6.45, 7) is 2.17. The Balaban J connectivity index is 0.00000133. The summed E-state index contributed by atoms with van der Waals surface area (Å²) < 4.78 is 0. The third-order valence-electron chi connectivity index (χ3n) is 4.10. The summed E-state index contributed by atoms with van der Waals surface area (Å²) in [6, 6.07) is 17.5. The molecule has 0 saturated heterocycles. The van der Waals surface area contributed by atoms with Gasteiger partial charge in [-0.05, 0) is 55.1 Å². The van der Waals surface area contributed by atoms with Crippen LogP contribution in [-0.4, -0.2) is 7.05 Å². The van der Waals surface area contributed by atoms with Crippen molar-refractivity contribution in [3.05, 3.63) is 59.7 Å². The van der Waals surface area contributed by atoms with Crippen LogP contribution in [0.2, 0.25) is 0 Å². The fourth-order valence-electron chi connectivity index (χ4n) is 2.69. The molecule has 1 fully saturated rings. The predicted octanol–water partition coefficient (Wildman–Crippen LogP) is 4.29. The van der Waals surface area contributed by atoms with Crippen LogP contribution in [0.4, 0.5) is 0 Å².